The number of hydrogen-bond acceptors (Lipinski definition) is 5. The van der Waals surface area contributed by atoms with E-state index in [1.54, 1.807) is 0 Å². The predicted molar refractivity (Wildman–Crippen MR) is 93.4 cm³/mol. The van der Waals surface area contributed by atoms with Crippen molar-refractivity contribution in [3.05, 3.63) is 81.5 Å². The number of nitro groups is 1. The average Bonchev–Trinajstić information content (AvgIpc) is 2.60. The summed E-state index contributed by atoms with van der Waals surface area (Å²) in [5, 5.41) is 25.3. The van der Waals surface area contributed by atoms with Gasteiger partial charge in [-0.2, -0.15) is 5.26 Å². The summed E-state index contributed by atoms with van der Waals surface area (Å²) < 4.78 is 0. The van der Waals surface area contributed by atoms with Gasteiger partial charge in [0, 0.05) is 30.6 Å². The number of hydrogen-bond donors (Lipinski definition) is 2. The summed E-state index contributed by atoms with van der Waals surface area (Å²) in [5.74, 6) is -0.639. The van der Waals surface area contributed by atoms with Crippen LogP contribution in [0.25, 0.3) is 0 Å². The highest BCUT2D eigenvalue weighted by Crippen LogP contribution is 2.17. The van der Waals surface area contributed by atoms with Crippen LogP contribution in [0, 0.1) is 28.4 Å². The molecule has 126 valence electrons. The van der Waals surface area contributed by atoms with Gasteiger partial charge in [-0.25, -0.2) is 0 Å². The molecular weight excluding hydrogens is 320 g/mol. The Labute approximate surface area is 144 Å². The average molecular weight is 336 g/mol. The molecule has 2 aromatic rings. The molecule has 0 aromatic heterocycles. The maximum absolute atomic E-state index is 12.1. The summed E-state index contributed by atoms with van der Waals surface area (Å²) in [6.07, 6.45) is 1.33. The molecule has 0 aliphatic heterocycles. The SMILES string of the molecule is Cc1ccc(CN/C=C(/C#N)C(=O)Nc2cccc([N+](=O)[O-])c2)cc1. The van der Waals surface area contributed by atoms with Crippen molar-refractivity contribution in [3.63, 3.8) is 0 Å². The number of rotatable bonds is 6. The molecule has 0 saturated carbocycles. The summed E-state index contributed by atoms with van der Waals surface area (Å²) in [5.41, 5.74) is 2.14. The fraction of sp³-hybridized carbons (Fsp3) is 0.111. The fourth-order valence-corrected chi connectivity index (χ4v) is 2.02. The molecule has 0 saturated heterocycles. The van der Waals surface area contributed by atoms with Crippen LogP contribution in [0.1, 0.15) is 11.1 Å². The molecule has 0 unspecified atom stereocenters. The zero-order valence-corrected chi connectivity index (χ0v) is 13.5. The zero-order valence-electron chi connectivity index (χ0n) is 13.5. The topological polar surface area (TPSA) is 108 Å². The second-order valence-electron chi connectivity index (χ2n) is 5.30. The van der Waals surface area contributed by atoms with Gasteiger partial charge in [-0.05, 0) is 18.6 Å². The second-order valence-corrected chi connectivity index (χ2v) is 5.30. The molecule has 2 rings (SSSR count). The Balaban J connectivity index is 2.00. The molecule has 0 atom stereocenters. The summed E-state index contributed by atoms with van der Waals surface area (Å²) in [7, 11) is 0. The molecule has 0 spiro atoms. The maximum atomic E-state index is 12.1. The lowest BCUT2D eigenvalue weighted by Gasteiger charge is -2.05. The third kappa shape index (κ3) is 5.18. The first kappa shape index (κ1) is 17.7. The van der Waals surface area contributed by atoms with Crippen LogP contribution in [0.5, 0.6) is 0 Å². The van der Waals surface area contributed by atoms with E-state index in [0.29, 0.717) is 6.54 Å². The van der Waals surface area contributed by atoms with Crippen molar-refractivity contribution in [1.29, 1.82) is 5.26 Å². The van der Waals surface area contributed by atoms with E-state index in [1.807, 2.05) is 37.3 Å². The highest BCUT2D eigenvalue weighted by atomic mass is 16.6. The number of nitriles is 1. The summed E-state index contributed by atoms with van der Waals surface area (Å²) in [6, 6.07) is 15.2. The Morgan fingerprint density at radius 1 is 1.28 bits per heavy atom. The first-order valence-corrected chi connectivity index (χ1v) is 7.44. The van der Waals surface area contributed by atoms with Gasteiger partial charge < -0.3 is 10.6 Å². The van der Waals surface area contributed by atoms with Crippen molar-refractivity contribution in [3.8, 4) is 6.07 Å². The first-order valence-electron chi connectivity index (χ1n) is 7.44. The summed E-state index contributed by atoms with van der Waals surface area (Å²) >= 11 is 0. The van der Waals surface area contributed by atoms with E-state index in [1.165, 1.54) is 30.5 Å². The Morgan fingerprint density at radius 3 is 2.64 bits per heavy atom. The van der Waals surface area contributed by atoms with Gasteiger partial charge >= 0.3 is 0 Å². The number of aryl methyl sites for hydroxylation is 1. The molecule has 0 radical (unpaired) electrons. The van der Waals surface area contributed by atoms with Crippen molar-refractivity contribution < 1.29 is 9.72 Å². The fourth-order valence-electron chi connectivity index (χ4n) is 2.02. The van der Waals surface area contributed by atoms with E-state index < -0.39 is 10.8 Å². The van der Waals surface area contributed by atoms with Gasteiger partial charge in [-0.15, -0.1) is 0 Å². The summed E-state index contributed by atoms with van der Waals surface area (Å²) in [6.45, 7) is 2.46. The Bertz CT molecular complexity index is 851. The smallest absolute Gasteiger partial charge is 0.271 e. The molecule has 0 aliphatic rings. The summed E-state index contributed by atoms with van der Waals surface area (Å²) in [4.78, 5) is 22.3. The first-order chi connectivity index (χ1) is 12.0. The maximum Gasteiger partial charge on any atom is 0.271 e. The monoisotopic (exact) mass is 336 g/mol. The number of benzene rings is 2. The molecule has 1 amide bonds. The van der Waals surface area contributed by atoms with Crippen LogP contribution in [0.3, 0.4) is 0 Å². The van der Waals surface area contributed by atoms with Crippen LogP contribution in [-0.2, 0) is 11.3 Å². The number of non-ortho nitro benzene ring substituents is 1. The van der Waals surface area contributed by atoms with Crippen molar-refractivity contribution in [2.24, 2.45) is 0 Å². The quantitative estimate of drug-likeness (QED) is 0.365. The normalized spacial score (nSPS) is 10.6. The lowest BCUT2D eigenvalue weighted by molar-refractivity contribution is -0.384. The molecular formula is C18H16N4O3. The van der Waals surface area contributed by atoms with Crippen molar-refractivity contribution in [2.45, 2.75) is 13.5 Å². The van der Waals surface area contributed by atoms with E-state index in [0.717, 1.165) is 11.1 Å². The van der Waals surface area contributed by atoms with E-state index in [4.69, 9.17) is 5.26 Å². The predicted octanol–water partition coefficient (Wildman–Crippen LogP) is 3.04. The van der Waals surface area contributed by atoms with Crippen molar-refractivity contribution in [2.75, 3.05) is 5.32 Å². The number of carbonyl (C=O) groups excluding carboxylic acids is 1. The minimum absolute atomic E-state index is 0.126. The van der Waals surface area contributed by atoms with Crippen LogP contribution in [0.15, 0.2) is 60.3 Å². The molecule has 2 N–H and O–H groups in total. The van der Waals surface area contributed by atoms with Gasteiger partial charge in [0.2, 0.25) is 0 Å². The largest absolute Gasteiger partial charge is 0.386 e. The molecule has 7 heteroatoms. The third-order valence-electron chi connectivity index (χ3n) is 3.35. The number of carbonyl (C=O) groups is 1. The second kappa shape index (κ2) is 8.26. The van der Waals surface area contributed by atoms with Crippen LogP contribution in [0.4, 0.5) is 11.4 Å². The van der Waals surface area contributed by atoms with Gasteiger partial charge in [-0.1, -0.05) is 35.9 Å². The van der Waals surface area contributed by atoms with Gasteiger partial charge in [-0.3, -0.25) is 14.9 Å². The molecule has 0 bridgehead atoms. The van der Waals surface area contributed by atoms with Gasteiger partial charge in [0.15, 0.2) is 0 Å². The third-order valence-corrected chi connectivity index (χ3v) is 3.35. The Kier molecular flexibility index (Phi) is 5.85. The van der Waals surface area contributed by atoms with E-state index in [2.05, 4.69) is 10.6 Å². The molecule has 2 aromatic carbocycles. The molecule has 0 heterocycles. The molecule has 0 fully saturated rings. The van der Waals surface area contributed by atoms with Crippen molar-refractivity contribution in [1.82, 2.24) is 5.32 Å². The lowest BCUT2D eigenvalue weighted by atomic mass is 10.1. The van der Waals surface area contributed by atoms with Gasteiger partial charge in [0.05, 0.1) is 4.92 Å². The molecule has 0 aliphatic carbocycles. The standard InChI is InChI=1S/C18H16N4O3/c1-13-5-7-14(8-6-13)11-20-12-15(10-19)18(23)21-16-3-2-4-17(9-16)22(24)25/h2-9,12,20H,11H2,1H3,(H,21,23)/b15-12-. The molecule has 7 nitrogen and oxygen atoms in total. The van der Waals surface area contributed by atoms with Crippen LogP contribution in [0.2, 0.25) is 0 Å². The van der Waals surface area contributed by atoms with E-state index in [9.17, 15) is 14.9 Å². The Hall–Kier alpha value is -3.66. The van der Waals surface area contributed by atoms with E-state index in [-0.39, 0.29) is 16.9 Å². The number of nitro benzene ring substituents is 1. The van der Waals surface area contributed by atoms with Crippen LogP contribution < -0.4 is 10.6 Å². The van der Waals surface area contributed by atoms with Crippen molar-refractivity contribution >= 4 is 17.3 Å². The Morgan fingerprint density at radius 2 is 2.00 bits per heavy atom. The van der Waals surface area contributed by atoms with Gasteiger partial charge in [0.25, 0.3) is 11.6 Å². The number of nitrogens with zero attached hydrogens (tertiary/aromatic N) is 2. The minimum Gasteiger partial charge on any atom is -0.386 e. The number of amides is 1. The van der Waals surface area contributed by atoms with E-state index >= 15 is 0 Å². The van der Waals surface area contributed by atoms with Crippen LogP contribution >= 0.6 is 0 Å². The molecule has 25 heavy (non-hydrogen) atoms. The highest BCUT2D eigenvalue weighted by molar-refractivity contribution is 6.06. The zero-order chi connectivity index (χ0) is 18.2. The number of anilines is 1. The van der Waals surface area contributed by atoms with Crippen LogP contribution in [-0.4, -0.2) is 10.8 Å². The highest BCUT2D eigenvalue weighted by Gasteiger charge is 2.11. The number of nitrogens with one attached hydrogen (secondary N) is 2. The lowest BCUT2D eigenvalue weighted by Crippen LogP contribution is -2.16. The van der Waals surface area contributed by atoms with Gasteiger partial charge in [0.1, 0.15) is 11.6 Å². The minimum atomic E-state index is -0.639.